The molecule has 2 rings (SSSR count). The van der Waals surface area contributed by atoms with Crippen molar-refractivity contribution >= 4 is 10.0 Å². The lowest BCUT2D eigenvalue weighted by Crippen LogP contribution is -2.45. The largest absolute Gasteiger partial charge is 0.308 e. The normalized spacial score (nSPS) is 18.6. The molecule has 0 unspecified atom stereocenters. The summed E-state index contributed by atoms with van der Waals surface area (Å²) in [6, 6.07) is 6.24. The lowest BCUT2D eigenvalue weighted by molar-refractivity contribution is 0.288. The van der Waals surface area contributed by atoms with Crippen molar-refractivity contribution < 1.29 is 8.42 Å². The Morgan fingerprint density at radius 2 is 2.11 bits per heavy atom. The van der Waals surface area contributed by atoms with Crippen LogP contribution in [0.25, 0.3) is 0 Å². The maximum absolute atomic E-state index is 11.7. The summed E-state index contributed by atoms with van der Waals surface area (Å²) in [7, 11) is -3.02. The predicted molar refractivity (Wildman–Crippen MR) is 75.1 cm³/mol. The van der Waals surface area contributed by atoms with Crippen LogP contribution in [0.1, 0.15) is 25.5 Å². The Morgan fingerprint density at radius 1 is 1.37 bits per heavy atom. The third kappa shape index (κ3) is 3.99. The molecule has 6 heteroatoms. The van der Waals surface area contributed by atoms with E-state index in [-0.39, 0.29) is 5.75 Å². The van der Waals surface area contributed by atoms with Crippen molar-refractivity contribution in [2.24, 2.45) is 0 Å². The Balaban J connectivity index is 1.78. The topological polar surface area (TPSA) is 62.3 Å². The Kier molecular flexibility index (Phi) is 4.90. The maximum atomic E-state index is 11.7. The van der Waals surface area contributed by atoms with E-state index in [4.69, 9.17) is 0 Å². The van der Waals surface area contributed by atoms with Gasteiger partial charge in [-0.05, 0) is 31.9 Å². The van der Waals surface area contributed by atoms with Crippen molar-refractivity contribution in [3.63, 3.8) is 0 Å². The number of nitrogens with one attached hydrogen (secondary N) is 1. The van der Waals surface area contributed by atoms with Crippen LogP contribution in [0.2, 0.25) is 0 Å². The molecule has 1 saturated heterocycles. The molecule has 1 fully saturated rings. The van der Waals surface area contributed by atoms with Crippen molar-refractivity contribution in [2.45, 2.75) is 32.4 Å². The SMILES string of the molecule is CCS(=O)(=O)N1CCC(NCc2ccccn2)CC1. The second-order valence-corrected chi connectivity index (χ2v) is 7.03. The van der Waals surface area contributed by atoms with Crippen LogP contribution < -0.4 is 5.32 Å². The average Bonchev–Trinajstić information content (AvgIpc) is 2.47. The van der Waals surface area contributed by atoms with Gasteiger partial charge in [0.05, 0.1) is 11.4 Å². The van der Waals surface area contributed by atoms with E-state index in [1.807, 2.05) is 18.2 Å². The molecule has 0 spiro atoms. The first kappa shape index (κ1) is 14.4. The van der Waals surface area contributed by atoms with Crippen LogP contribution in [-0.2, 0) is 16.6 Å². The molecule has 0 saturated carbocycles. The fourth-order valence-electron chi connectivity index (χ4n) is 2.27. The van der Waals surface area contributed by atoms with Gasteiger partial charge in [0.15, 0.2) is 0 Å². The molecular weight excluding hydrogens is 262 g/mol. The van der Waals surface area contributed by atoms with E-state index in [1.165, 1.54) is 0 Å². The Bertz CT molecular complexity index is 482. The van der Waals surface area contributed by atoms with E-state index >= 15 is 0 Å². The van der Waals surface area contributed by atoms with E-state index in [0.29, 0.717) is 19.1 Å². The first-order chi connectivity index (χ1) is 9.12. The number of hydrogen-bond donors (Lipinski definition) is 1. The van der Waals surface area contributed by atoms with E-state index in [9.17, 15) is 8.42 Å². The lowest BCUT2D eigenvalue weighted by Gasteiger charge is -2.31. The van der Waals surface area contributed by atoms with Gasteiger partial charge in [-0.15, -0.1) is 0 Å². The Labute approximate surface area is 115 Å². The number of hydrogen-bond acceptors (Lipinski definition) is 4. The van der Waals surface area contributed by atoms with Gasteiger partial charge in [0.25, 0.3) is 0 Å². The molecule has 0 amide bonds. The van der Waals surface area contributed by atoms with Crippen LogP contribution in [0, 0.1) is 0 Å². The highest BCUT2D eigenvalue weighted by Gasteiger charge is 2.26. The number of pyridine rings is 1. The molecule has 1 aliphatic rings. The quantitative estimate of drug-likeness (QED) is 0.875. The highest BCUT2D eigenvalue weighted by Crippen LogP contribution is 2.14. The van der Waals surface area contributed by atoms with E-state index in [2.05, 4.69) is 10.3 Å². The number of aromatic nitrogens is 1. The zero-order valence-corrected chi connectivity index (χ0v) is 12.1. The van der Waals surface area contributed by atoms with Crippen molar-refractivity contribution in [3.05, 3.63) is 30.1 Å². The molecule has 106 valence electrons. The van der Waals surface area contributed by atoms with Crippen molar-refractivity contribution in [3.8, 4) is 0 Å². The molecule has 0 atom stereocenters. The first-order valence-electron chi connectivity index (χ1n) is 6.73. The first-order valence-corrected chi connectivity index (χ1v) is 8.34. The summed E-state index contributed by atoms with van der Waals surface area (Å²) in [5, 5.41) is 3.44. The summed E-state index contributed by atoms with van der Waals surface area (Å²) >= 11 is 0. The average molecular weight is 283 g/mol. The second-order valence-electron chi connectivity index (χ2n) is 4.78. The van der Waals surface area contributed by atoms with Gasteiger partial charge < -0.3 is 5.32 Å². The maximum Gasteiger partial charge on any atom is 0.213 e. The second kappa shape index (κ2) is 6.45. The van der Waals surface area contributed by atoms with Gasteiger partial charge in [-0.25, -0.2) is 12.7 Å². The minimum atomic E-state index is -3.02. The Hall–Kier alpha value is -0.980. The van der Waals surface area contributed by atoms with Crippen LogP contribution >= 0.6 is 0 Å². The smallest absolute Gasteiger partial charge is 0.213 e. The number of sulfonamides is 1. The zero-order chi connectivity index (χ0) is 13.7. The fraction of sp³-hybridized carbons (Fsp3) is 0.615. The molecule has 0 aromatic carbocycles. The summed E-state index contributed by atoms with van der Waals surface area (Å²) in [6.07, 6.45) is 3.52. The van der Waals surface area contributed by atoms with Crippen LogP contribution in [0.4, 0.5) is 0 Å². The standard InChI is InChI=1S/C13H21N3O2S/c1-2-19(17,18)16-9-6-12(7-10-16)15-11-13-5-3-4-8-14-13/h3-5,8,12,15H,2,6-7,9-11H2,1H3. The molecule has 2 heterocycles. The predicted octanol–water partition coefficient (Wildman–Crippen LogP) is 0.985. The fourth-order valence-corrected chi connectivity index (χ4v) is 3.40. The van der Waals surface area contributed by atoms with Gasteiger partial charge in [-0.1, -0.05) is 6.07 Å². The molecule has 0 aliphatic carbocycles. The van der Waals surface area contributed by atoms with Crippen molar-refractivity contribution in [1.29, 1.82) is 0 Å². The summed E-state index contributed by atoms with van der Waals surface area (Å²) in [5.74, 6) is 0.193. The van der Waals surface area contributed by atoms with Gasteiger partial charge in [0, 0.05) is 31.9 Å². The molecule has 1 N–H and O–H groups in total. The van der Waals surface area contributed by atoms with Gasteiger partial charge in [0.2, 0.25) is 10.0 Å². The van der Waals surface area contributed by atoms with Gasteiger partial charge in [0.1, 0.15) is 0 Å². The molecule has 1 aliphatic heterocycles. The molecule has 0 bridgehead atoms. The molecular formula is C13H21N3O2S. The summed E-state index contributed by atoms with van der Waals surface area (Å²) in [4.78, 5) is 4.26. The molecule has 19 heavy (non-hydrogen) atoms. The molecule has 1 aromatic heterocycles. The highest BCUT2D eigenvalue weighted by atomic mass is 32.2. The molecule has 1 aromatic rings. The molecule has 5 nitrogen and oxygen atoms in total. The van der Waals surface area contributed by atoms with Gasteiger partial charge in [-0.3, -0.25) is 4.98 Å². The number of piperidine rings is 1. The Morgan fingerprint density at radius 3 is 2.68 bits per heavy atom. The number of nitrogens with zero attached hydrogens (tertiary/aromatic N) is 2. The third-order valence-corrected chi connectivity index (χ3v) is 5.39. The van der Waals surface area contributed by atoms with Crippen LogP contribution in [0.3, 0.4) is 0 Å². The van der Waals surface area contributed by atoms with Crippen molar-refractivity contribution in [2.75, 3.05) is 18.8 Å². The van der Waals surface area contributed by atoms with E-state index < -0.39 is 10.0 Å². The monoisotopic (exact) mass is 283 g/mol. The van der Waals surface area contributed by atoms with Gasteiger partial charge >= 0.3 is 0 Å². The summed E-state index contributed by atoms with van der Waals surface area (Å²) < 4.78 is 25.1. The highest BCUT2D eigenvalue weighted by molar-refractivity contribution is 7.89. The number of rotatable bonds is 5. The summed E-state index contributed by atoms with van der Waals surface area (Å²) in [5.41, 5.74) is 1.02. The zero-order valence-electron chi connectivity index (χ0n) is 11.2. The summed E-state index contributed by atoms with van der Waals surface area (Å²) in [6.45, 7) is 3.68. The van der Waals surface area contributed by atoms with Crippen LogP contribution in [0.15, 0.2) is 24.4 Å². The third-order valence-electron chi connectivity index (χ3n) is 3.51. The van der Waals surface area contributed by atoms with Crippen molar-refractivity contribution in [1.82, 2.24) is 14.6 Å². The molecule has 0 radical (unpaired) electrons. The van der Waals surface area contributed by atoms with Crippen LogP contribution in [-0.4, -0.2) is 42.6 Å². The minimum absolute atomic E-state index is 0.193. The minimum Gasteiger partial charge on any atom is -0.308 e. The van der Waals surface area contributed by atoms with E-state index in [1.54, 1.807) is 17.4 Å². The lowest BCUT2D eigenvalue weighted by atomic mass is 10.1. The van der Waals surface area contributed by atoms with Gasteiger partial charge in [-0.2, -0.15) is 0 Å². The van der Waals surface area contributed by atoms with E-state index in [0.717, 1.165) is 25.1 Å². The van der Waals surface area contributed by atoms with Crippen LogP contribution in [0.5, 0.6) is 0 Å².